The maximum atomic E-state index is 13.1. The van der Waals surface area contributed by atoms with Gasteiger partial charge in [-0.1, -0.05) is 35.9 Å². The standard InChI is InChI=1S/C24H20ClN3O5S/c1-15-5-3-7-18(13-15)26-23(29)20-14-16-6-4-8-21(32-2)22(16)33-24(20)27-28-34(30,31)19-11-9-17(25)10-12-19/h3-14,28H,1-2H3,(H,26,29). The highest BCUT2D eigenvalue weighted by molar-refractivity contribution is 7.89. The normalized spacial score (nSPS) is 11.9. The largest absolute Gasteiger partial charge is 0.493 e. The van der Waals surface area contributed by atoms with E-state index in [9.17, 15) is 13.2 Å². The molecular weight excluding hydrogens is 478 g/mol. The second kappa shape index (κ2) is 9.58. The van der Waals surface area contributed by atoms with Crippen LogP contribution in [0.5, 0.6) is 5.75 Å². The topological polar surface area (TPSA) is 110 Å². The van der Waals surface area contributed by atoms with E-state index in [1.54, 1.807) is 36.4 Å². The molecule has 4 aromatic rings. The summed E-state index contributed by atoms with van der Waals surface area (Å²) in [5.74, 6) is -0.122. The fraction of sp³-hybridized carbons (Fsp3) is 0.0833. The van der Waals surface area contributed by atoms with E-state index in [4.69, 9.17) is 20.8 Å². The minimum absolute atomic E-state index is 0.0288. The van der Waals surface area contributed by atoms with Gasteiger partial charge in [0.25, 0.3) is 15.9 Å². The number of benzene rings is 3. The Balaban J connectivity index is 1.80. The summed E-state index contributed by atoms with van der Waals surface area (Å²) in [4.78, 5) is 15.2. The van der Waals surface area contributed by atoms with E-state index in [1.165, 1.54) is 31.4 Å². The van der Waals surface area contributed by atoms with Gasteiger partial charge in [0.15, 0.2) is 11.3 Å². The fourth-order valence-electron chi connectivity index (χ4n) is 3.22. The monoisotopic (exact) mass is 497 g/mol. The number of anilines is 1. The van der Waals surface area contributed by atoms with E-state index in [2.05, 4.69) is 15.2 Å². The highest BCUT2D eigenvalue weighted by Crippen LogP contribution is 2.25. The van der Waals surface area contributed by atoms with Crippen LogP contribution in [0.2, 0.25) is 5.02 Å². The molecule has 0 radical (unpaired) electrons. The summed E-state index contributed by atoms with van der Waals surface area (Å²) in [7, 11) is -2.57. The number of hydrogen-bond donors (Lipinski definition) is 2. The molecule has 0 atom stereocenters. The number of nitrogens with one attached hydrogen (secondary N) is 2. The van der Waals surface area contributed by atoms with Gasteiger partial charge in [0.2, 0.25) is 5.55 Å². The molecule has 10 heteroatoms. The Hall–Kier alpha value is -3.82. The molecule has 0 spiro atoms. The van der Waals surface area contributed by atoms with Crippen molar-refractivity contribution in [3.05, 3.63) is 94.5 Å². The van der Waals surface area contributed by atoms with Crippen LogP contribution in [-0.2, 0) is 10.0 Å². The lowest BCUT2D eigenvalue weighted by Crippen LogP contribution is -2.27. The number of sulfonamides is 1. The Kier molecular flexibility index (Phi) is 6.58. The van der Waals surface area contributed by atoms with Crippen LogP contribution in [0.1, 0.15) is 15.9 Å². The average molecular weight is 498 g/mol. The molecule has 1 aromatic heterocycles. The van der Waals surface area contributed by atoms with Crippen molar-refractivity contribution in [1.82, 2.24) is 4.83 Å². The fourth-order valence-corrected chi connectivity index (χ4v) is 4.15. The molecule has 1 amide bonds. The summed E-state index contributed by atoms with van der Waals surface area (Å²) < 4.78 is 36.6. The van der Waals surface area contributed by atoms with Crippen molar-refractivity contribution in [3.63, 3.8) is 0 Å². The Bertz CT molecular complexity index is 1550. The van der Waals surface area contributed by atoms with Crippen molar-refractivity contribution >= 4 is 44.2 Å². The number of carbonyl (C=O) groups excluding carboxylic acids is 1. The molecular formula is C24H20ClN3O5S. The number of carbonyl (C=O) groups is 1. The van der Waals surface area contributed by atoms with Gasteiger partial charge in [-0.3, -0.25) is 4.79 Å². The minimum atomic E-state index is -4.05. The summed E-state index contributed by atoms with van der Waals surface area (Å²) in [5, 5.41) is 7.68. The van der Waals surface area contributed by atoms with Crippen LogP contribution >= 0.6 is 11.6 Å². The Labute approximate surface area is 200 Å². The third-order valence-electron chi connectivity index (χ3n) is 4.87. The Morgan fingerprint density at radius 3 is 2.47 bits per heavy atom. The maximum absolute atomic E-state index is 13.1. The number of amides is 1. The van der Waals surface area contributed by atoms with E-state index in [1.807, 2.05) is 19.1 Å². The van der Waals surface area contributed by atoms with Gasteiger partial charge >= 0.3 is 0 Å². The van der Waals surface area contributed by atoms with E-state index in [-0.39, 0.29) is 16.0 Å². The van der Waals surface area contributed by atoms with Crippen LogP contribution in [0.15, 0.2) is 87.2 Å². The number of methoxy groups -OCH3 is 1. The maximum Gasteiger partial charge on any atom is 0.276 e. The van der Waals surface area contributed by atoms with Crippen LogP contribution in [0, 0.1) is 6.92 Å². The van der Waals surface area contributed by atoms with Gasteiger partial charge < -0.3 is 14.5 Å². The van der Waals surface area contributed by atoms with Gasteiger partial charge in [-0.05, 0) is 61.0 Å². The first-order valence-electron chi connectivity index (χ1n) is 10.1. The lowest BCUT2D eigenvalue weighted by atomic mass is 10.1. The zero-order valence-electron chi connectivity index (χ0n) is 18.2. The van der Waals surface area contributed by atoms with E-state index < -0.39 is 15.9 Å². The molecule has 0 saturated carbocycles. The van der Waals surface area contributed by atoms with Gasteiger partial charge in [-0.15, -0.1) is 5.10 Å². The molecule has 8 nitrogen and oxygen atoms in total. The molecule has 3 aromatic carbocycles. The molecule has 2 N–H and O–H groups in total. The number of fused-ring (bicyclic) bond motifs is 1. The van der Waals surface area contributed by atoms with E-state index in [0.717, 1.165) is 5.56 Å². The molecule has 0 aliphatic heterocycles. The molecule has 0 aliphatic rings. The van der Waals surface area contributed by atoms with Crippen LogP contribution < -0.4 is 20.4 Å². The summed E-state index contributed by atoms with van der Waals surface area (Å²) in [5.41, 5.74) is 1.64. The summed E-state index contributed by atoms with van der Waals surface area (Å²) in [6.45, 7) is 1.90. The number of nitrogens with zero attached hydrogens (tertiary/aromatic N) is 1. The summed E-state index contributed by atoms with van der Waals surface area (Å²) in [6.07, 6.45) is 0. The molecule has 4 rings (SSSR count). The lowest BCUT2D eigenvalue weighted by Gasteiger charge is -2.09. The predicted octanol–water partition coefficient (Wildman–Crippen LogP) is 4.45. The average Bonchev–Trinajstić information content (AvgIpc) is 2.82. The Morgan fingerprint density at radius 2 is 1.76 bits per heavy atom. The summed E-state index contributed by atoms with van der Waals surface area (Å²) >= 11 is 5.84. The second-order valence-electron chi connectivity index (χ2n) is 7.33. The first-order valence-corrected chi connectivity index (χ1v) is 11.9. The van der Waals surface area contributed by atoms with Crippen LogP contribution in [0.3, 0.4) is 0 Å². The van der Waals surface area contributed by atoms with Gasteiger partial charge in [-0.25, -0.2) is 0 Å². The minimum Gasteiger partial charge on any atom is -0.493 e. The number of rotatable bonds is 6. The van der Waals surface area contributed by atoms with Gasteiger partial charge in [0.1, 0.15) is 5.56 Å². The van der Waals surface area contributed by atoms with Crippen molar-refractivity contribution in [2.75, 3.05) is 12.4 Å². The molecule has 0 saturated heterocycles. The molecule has 174 valence electrons. The molecule has 34 heavy (non-hydrogen) atoms. The van der Waals surface area contributed by atoms with Crippen molar-refractivity contribution in [1.29, 1.82) is 0 Å². The molecule has 0 unspecified atom stereocenters. The van der Waals surface area contributed by atoms with E-state index in [0.29, 0.717) is 27.4 Å². The van der Waals surface area contributed by atoms with Crippen LogP contribution in [0.4, 0.5) is 5.69 Å². The zero-order valence-corrected chi connectivity index (χ0v) is 19.8. The lowest BCUT2D eigenvalue weighted by molar-refractivity contribution is 0.102. The quantitative estimate of drug-likeness (QED) is 0.382. The van der Waals surface area contributed by atoms with Crippen molar-refractivity contribution in [3.8, 4) is 5.75 Å². The highest BCUT2D eigenvalue weighted by Gasteiger charge is 2.17. The van der Waals surface area contributed by atoms with Crippen LogP contribution in [0.25, 0.3) is 11.0 Å². The zero-order chi connectivity index (χ0) is 24.3. The summed E-state index contributed by atoms with van der Waals surface area (Å²) in [6, 6.07) is 19.6. The SMILES string of the molecule is COc1cccc2cc(C(=O)Nc3cccc(C)c3)c(=NNS(=O)(=O)c3ccc(Cl)cc3)oc12. The van der Waals surface area contributed by atoms with Crippen molar-refractivity contribution in [2.45, 2.75) is 11.8 Å². The van der Waals surface area contributed by atoms with E-state index >= 15 is 0 Å². The van der Waals surface area contributed by atoms with Gasteiger partial charge in [0.05, 0.1) is 12.0 Å². The smallest absolute Gasteiger partial charge is 0.276 e. The van der Waals surface area contributed by atoms with Crippen molar-refractivity contribution < 1.29 is 22.4 Å². The van der Waals surface area contributed by atoms with Crippen molar-refractivity contribution in [2.24, 2.45) is 5.10 Å². The predicted molar refractivity (Wildman–Crippen MR) is 129 cm³/mol. The first-order chi connectivity index (χ1) is 16.3. The number of para-hydroxylation sites is 1. The van der Waals surface area contributed by atoms with Gasteiger partial charge in [-0.2, -0.15) is 13.2 Å². The first kappa shape index (κ1) is 23.3. The highest BCUT2D eigenvalue weighted by atomic mass is 35.5. The molecule has 0 bridgehead atoms. The third-order valence-corrected chi connectivity index (χ3v) is 6.35. The molecule has 0 fully saturated rings. The van der Waals surface area contributed by atoms with Crippen LogP contribution in [-0.4, -0.2) is 21.4 Å². The third kappa shape index (κ3) is 5.05. The van der Waals surface area contributed by atoms with Gasteiger partial charge in [0, 0.05) is 16.1 Å². The number of ether oxygens (including phenoxy) is 1. The Morgan fingerprint density at radius 1 is 1.03 bits per heavy atom. The number of halogens is 1. The molecule has 1 heterocycles. The second-order valence-corrected chi connectivity index (χ2v) is 9.43. The number of hydrogen-bond acceptors (Lipinski definition) is 6. The molecule has 0 aliphatic carbocycles. The number of aryl methyl sites for hydroxylation is 1.